The van der Waals surface area contributed by atoms with Gasteiger partial charge in [-0.05, 0) is 25.7 Å². The molecule has 3 aliphatic carbocycles. The SMILES string of the molecule is CC1C2OC3(CCCCC3)OC2C(C)C2OC3(CCCCC3)OC12. The molecule has 24 heavy (non-hydrogen) atoms. The first-order chi connectivity index (χ1) is 11.6. The van der Waals surface area contributed by atoms with E-state index < -0.39 is 0 Å². The minimum absolute atomic E-state index is 0.168. The molecule has 136 valence electrons. The zero-order valence-corrected chi connectivity index (χ0v) is 15.2. The molecule has 0 bridgehead atoms. The molecule has 2 heterocycles. The summed E-state index contributed by atoms with van der Waals surface area (Å²) in [6, 6.07) is 0. The third kappa shape index (κ3) is 2.33. The summed E-state index contributed by atoms with van der Waals surface area (Å²) in [5.74, 6) is 0.0757. The normalized spacial score (nSPS) is 49.2. The molecule has 2 saturated heterocycles. The Morgan fingerprint density at radius 2 is 0.792 bits per heavy atom. The molecule has 0 amide bonds. The van der Waals surface area contributed by atoms with Gasteiger partial charge in [0.05, 0.1) is 24.4 Å². The highest BCUT2D eigenvalue weighted by Gasteiger charge is 2.63. The molecule has 2 spiro atoms. The van der Waals surface area contributed by atoms with Crippen molar-refractivity contribution in [3.63, 3.8) is 0 Å². The fraction of sp³-hybridized carbons (Fsp3) is 1.00. The maximum atomic E-state index is 6.60. The van der Waals surface area contributed by atoms with Crippen LogP contribution in [0.15, 0.2) is 0 Å². The van der Waals surface area contributed by atoms with E-state index >= 15 is 0 Å². The Morgan fingerprint density at radius 1 is 0.500 bits per heavy atom. The maximum Gasteiger partial charge on any atom is 0.169 e. The number of fused-ring (bicyclic) bond motifs is 2. The lowest BCUT2D eigenvalue weighted by molar-refractivity contribution is -0.216. The smallest absolute Gasteiger partial charge is 0.169 e. The highest BCUT2D eigenvalue weighted by molar-refractivity contribution is 5.06. The number of rotatable bonds is 0. The Kier molecular flexibility index (Phi) is 3.79. The molecule has 5 fully saturated rings. The molecule has 4 nitrogen and oxygen atoms in total. The molecule has 0 N–H and O–H groups in total. The third-order valence-corrected chi connectivity index (χ3v) is 7.35. The van der Waals surface area contributed by atoms with E-state index in [4.69, 9.17) is 18.9 Å². The van der Waals surface area contributed by atoms with E-state index in [0.717, 1.165) is 25.7 Å². The van der Waals surface area contributed by atoms with Crippen LogP contribution in [0.4, 0.5) is 0 Å². The van der Waals surface area contributed by atoms with E-state index in [1.807, 2.05) is 0 Å². The van der Waals surface area contributed by atoms with E-state index in [0.29, 0.717) is 11.8 Å². The van der Waals surface area contributed by atoms with Crippen LogP contribution < -0.4 is 0 Å². The first kappa shape index (κ1) is 16.0. The predicted molar refractivity (Wildman–Crippen MR) is 89.5 cm³/mol. The van der Waals surface area contributed by atoms with Crippen LogP contribution in [0.2, 0.25) is 0 Å². The molecule has 0 aromatic heterocycles. The fourth-order valence-corrected chi connectivity index (χ4v) is 5.97. The van der Waals surface area contributed by atoms with Gasteiger partial charge in [0.1, 0.15) is 0 Å². The number of hydrogen-bond acceptors (Lipinski definition) is 4. The van der Waals surface area contributed by atoms with Gasteiger partial charge in [0, 0.05) is 37.5 Å². The van der Waals surface area contributed by atoms with Crippen LogP contribution >= 0.6 is 0 Å². The van der Waals surface area contributed by atoms with Crippen molar-refractivity contribution < 1.29 is 18.9 Å². The van der Waals surface area contributed by atoms with Crippen molar-refractivity contribution in [3.05, 3.63) is 0 Å². The van der Waals surface area contributed by atoms with Gasteiger partial charge >= 0.3 is 0 Å². The summed E-state index contributed by atoms with van der Waals surface area (Å²) in [6.07, 6.45) is 12.4. The standard InChI is InChI=1S/C20H32O4/c1-13-15-17(23-19(21-15)9-5-3-6-10-19)14(2)18-16(13)22-20(24-18)11-7-4-8-12-20/h13-18H,3-12H2,1-2H3. The van der Waals surface area contributed by atoms with Crippen molar-refractivity contribution >= 4 is 0 Å². The second-order valence-electron chi connectivity index (χ2n) is 8.99. The van der Waals surface area contributed by atoms with E-state index in [1.54, 1.807) is 0 Å². The van der Waals surface area contributed by atoms with Crippen LogP contribution in [0, 0.1) is 11.8 Å². The van der Waals surface area contributed by atoms with Crippen molar-refractivity contribution in [2.75, 3.05) is 0 Å². The van der Waals surface area contributed by atoms with E-state index in [1.165, 1.54) is 38.5 Å². The van der Waals surface area contributed by atoms with Crippen molar-refractivity contribution in [2.45, 2.75) is 114 Å². The first-order valence-corrected chi connectivity index (χ1v) is 10.3. The molecule has 5 rings (SSSR count). The summed E-state index contributed by atoms with van der Waals surface area (Å²) in [5.41, 5.74) is 0. The Bertz CT molecular complexity index is 408. The summed E-state index contributed by atoms with van der Waals surface area (Å²) >= 11 is 0. The second-order valence-corrected chi connectivity index (χ2v) is 8.99. The zero-order valence-electron chi connectivity index (χ0n) is 15.2. The van der Waals surface area contributed by atoms with Crippen LogP contribution in [-0.2, 0) is 18.9 Å². The second kappa shape index (κ2) is 5.67. The van der Waals surface area contributed by atoms with Gasteiger partial charge in [-0.15, -0.1) is 0 Å². The molecule has 2 aliphatic heterocycles. The zero-order chi connectivity index (χ0) is 16.4. The Hall–Kier alpha value is -0.160. The van der Waals surface area contributed by atoms with Crippen molar-refractivity contribution in [1.82, 2.24) is 0 Å². The van der Waals surface area contributed by atoms with E-state index in [2.05, 4.69) is 13.8 Å². The third-order valence-electron chi connectivity index (χ3n) is 7.35. The van der Waals surface area contributed by atoms with Crippen LogP contribution in [0.5, 0.6) is 0 Å². The Balaban J connectivity index is 1.38. The summed E-state index contributed by atoms with van der Waals surface area (Å²) < 4.78 is 26.4. The monoisotopic (exact) mass is 336 g/mol. The average Bonchev–Trinajstić information content (AvgIpc) is 3.14. The van der Waals surface area contributed by atoms with E-state index in [-0.39, 0.29) is 36.0 Å². The molecule has 0 aromatic rings. The average molecular weight is 336 g/mol. The van der Waals surface area contributed by atoms with Gasteiger partial charge in [-0.25, -0.2) is 0 Å². The van der Waals surface area contributed by atoms with Crippen molar-refractivity contribution in [1.29, 1.82) is 0 Å². The molecule has 3 saturated carbocycles. The van der Waals surface area contributed by atoms with Gasteiger partial charge in [-0.1, -0.05) is 26.7 Å². The molecule has 5 aliphatic rings. The summed E-state index contributed by atoms with van der Waals surface area (Å²) in [6.45, 7) is 4.58. The predicted octanol–water partition coefficient (Wildman–Crippen LogP) is 4.16. The van der Waals surface area contributed by atoms with Crippen molar-refractivity contribution in [3.8, 4) is 0 Å². The molecular weight excluding hydrogens is 304 g/mol. The van der Waals surface area contributed by atoms with Gasteiger partial charge in [-0.3, -0.25) is 0 Å². The van der Waals surface area contributed by atoms with Gasteiger partial charge in [0.2, 0.25) is 0 Å². The lowest BCUT2D eigenvalue weighted by atomic mass is 9.75. The van der Waals surface area contributed by atoms with Crippen LogP contribution in [0.1, 0.15) is 78.1 Å². The summed E-state index contributed by atoms with van der Waals surface area (Å²) in [5, 5.41) is 0. The minimum Gasteiger partial charge on any atom is -0.344 e. The van der Waals surface area contributed by atoms with Crippen LogP contribution in [-0.4, -0.2) is 36.0 Å². The summed E-state index contributed by atoms with van der Waals surface area (Å²) in [4.78, 5) is 0. The van der Waals surface area contributed by atoms with Gasteiger partial charge < -0.3 is 18.9 Å². The molecular formula is C20H32O4. The lowest BCUT2D eigenvalue weighted by Crippen LogP contribution is -2.53. The quantitative estimate of drug-likeness (QED) is 0.665. The number of hydrogen-bond donors (Lipinski definition) is 0. The van der Waals surface area contributed by atoms with E-state index in [9.17, 15) is 0 Å². The topological polar surface area (TPSA) is 36.9 Å². The largest absolute Gasteiger partial charge is 0.344 e. The Labute approximate surface area is 145 Å². The van der Waals surface area contributed by atoms with Crippen LogP contribution in [0.25, 0.3) is 0 Å². The number of ether oxygens (including phenoxy) is 4. The van der Waals surface area contributed by atoms with Gasteiger partial charge in [-0.2, -0.15) is 0 Å². The minimum atomic E-state index is -0.308. The maximum absolute atomic E-state index is 6.60. The highest BCUT2D eigenvalue weighted by atomic mass is 16.8. The Morgan fingerprint density at radius 3 is 1.08 bits per heavy atom. The van der Waals surface area contributed by atoms with Crippen LogP contribution in [0.3, 0.4) is 0 Å². The molecule has 0 radical (unpaired) electrons. The summed E-state index contributed by atoms with van der Waals surface area (Å²) in [7, 11) is 0. The van der Waals surface area contributed by atoms with Gasteiger partial charge in [0.25, 0.3) is 0 Å². The molecule has 4 heteroatoms. The van der Waals surface area contributed by atoms with Gasteiger partial charge in [0.15, 0.2) is 11.6 Å². The lowest BCUT2D eigenvalue weighted by Gasteiger charge is -2.40. The highest BCUT2D eigenvalue weighted by Crippen LogP contribution is 2.53. The van der Waals surface area contributed by atoms with Crippen molar-refractivity contribution in [2.24, 2.45) is 11.8 Å². The molecule has 4 atom stereocenters. The first-order valence-electron chi connectivity index (χ1n) is 10.3. The fourth-order valence-electron chi connectivity index (χ4n) is 5.97. The molecule has 0 aromatic carbocycles. The molecule has 4 unspecified atom stereocenters.